The number of carboxylic acid groups (broad SMARTS) is 1. The first-order chi connectivity index (χ1) is 9.86. The van der Waals surface area contributed by atoms with Gasteiger partial charge < -0.3 is 20.7 Å². The SMILES string of the molecule is Cc1cc(NC(=O)NCc2cc(C)c(C)s2)c(C(=O)O)[nH]1. The third kappa shape index (κ3) is 3.63. The van der Waals surface area contributed by atoms with Crippen LogP contribution >= 0.6 is 11.3 Å². The van der Waals surface area contributed by atoms with Gasteiger partial charge in [0.05, 0.1) is 12.2 Å². The number of carboxylic acids is 1. The zero-order valence-corrected chi connectivity index (χ0v) is 12.9. The fourth-order valence-corrected chi connectivity index (χ4v) is 2.92. The van der Waals surface area contributed by atoms with Crippen LogP contribution in [-0.2, 0) is 6.54 Å². The number of aromatic amines is 1. The van der Waals surface area contributed by atoms with Gasteiger partial charge in [-0.3, -0.25) is 0 Å². The zero-order chi connectivity index (χ0) is 15.6. The second kappa shape index (κ2) is 6.01. The van der Waals surface area contributed by atoms with Crippen LogP contribution in [0.4, 0.5) is 10.5 Å². The molecule has 2 rings (SSSR count). The van der Waals surface area contributed by atoms with E-state index in [4.69, 9.17) is 5.11 Å². The van der Waals surface area contributed by atoms with Gasteiger partial charge in [0.2, 0.25) is 0 Å². The molecule has 2 aromatic rings. The average molecular weight is 307 g/mol. The van der Waals surface area contributed by atoms with E-state index >= 15 is 0 Å². The summed E-state index contributed by atoms with van der Waals surface area (Å²) in [6.45, 7) is 6.20. The van der Waals surface area contributed by atoms with Crippen molar-refractivity contribution in [1.82, 2.24) is 10.3 Å². The Kier molecular flexibility index (Phi) is 4.32. The fraction of sp³-hybridized carbons (Fsp3) is 0.286. The molecule has 0 unspecified atom stereocenters. The van der Waals surface area contributed by atoms with E-state index in [0.29, 0.717) is 12.2 Å². The highest BCUT2D eigenvalue weighted by molar-refractivity contribution is 7.12. The first-order valence-corrected chi connectivity index (χ1v) is 7.22. The summed E-state index contributed by atoms with van der Waals surface area (Å²) in [6.07, 6.45) is 0. The minimum Gasteiger partial charge on any atom is -0.477 e. The maximum atomic E-state index is 11.8. The van der Waals surface area contributed by atoms with Gasteiger partial charge >= 0.3 is 12.0 Å². The Bertz CT molecular complexity index is 668. The summed E-state index contributed by atoms with van der Waals surface area (Å²) < 4.78 is 0. The van der Waals surface area contributed by atoms with Gasteiger partial charge in [0.15, 0.2) is 0 Å². The minimum absolute atomic E-state index is 0.0227. The summed E-state index contributed by atoms with van der Waals surface area (Å²) in [5, 5.41) is 14.3. The number of H-pyrrole nitrogens is 1. The largest absolute Gasteiger partial charge is 0.477 e. The van der Waals surface area contributed by atoms with E-state index in [1.807, 2.05) is 19.9 Å². The molecule has 0 aliphatic heterocycles. The van der Waals surface area contributed by atoms with Gasteiger partial charge in [-0.15, -0.1) is 11.3 Å². The number of anilines is 1. The van der Waals surface area contributed by atoms with E-state index in [1.165, 1.54) is 10.4 Å². The molecule has 21 heavy (non-hydrogen) atoms. The summed E-state index contributed by atoms with van der Waals surface area (Å²) in [6, 6.07) is 3.19. The van der Waals surface area contributed by atoms with Gasteiger partial charge in [0, 0.05) is 15.4 Å². The van der Waals surface area contributed by atoms with Crippen molar-refractivity contribution in [3.63, 3.8) is 0 Å². The number of aryl methyl sites for hydroxylation is 3. The number of amides is 2. The Morgan fingerprint density at radius 3 is 2.57 bits per heavy atom. The average Bonchev–Trinajstić information content (AvgIpc) is 2.91. The van der Waals surface area contributed by atoms with Crippen LogP contribution in [-0.4, -0.2) is 22.1 Å². The number of aromatic nitrogens is 1. The lowest BCUT2D eigenvalue weighted by atomic mass is 10.3. The van der Waals surface area contributed by atoms with Gasteiger partial charge in [-0.2, -0.15) is 0 Å². The summed E-state index contributed by atoms with van der Waals surface area (Å²) in [7, 11) is 0. The third-order valence-corrected chi connectivity index (χ3v) is 4.21. The molecule has 0 saturated heterocycles. The highest BCUT2D eigenvalue weighted by Gasteiger charge is 2.15. The molecule has 0 bridgehead atoms. The maximum absolute atomic E-state index is 11.8. The Labute approximate surface area is 126 Å². The lowest BCUT2D eigenvalue weighted by molar-refractivity contribution is 0.0692. The van der Waals surface area contributed by atoms with Crippen molar-refractivity contribution < 1.29 is 14.7 Å². The number of thiophene rings is 1. The smallest absolute Gasteiger partial charge is 0.354 e. The number of nitrogens with one attached hydrogen (secondary N) is 3. The van der Waals surface area contributed by atoms with Crippen LogP contribution in [0, 0.1) is 20.8 Å². The van der Waals surface area contributed by atoms with Gasteiger partial charge in [-0.25, -0.2) is 9.59 Å². The first-order valence-electron chi connectivity index (χ1n) is 6.40. The quantitative estimate of drug-likeness (QED) is 0.699. The predicted octanol–water partition coefficient (Wildman–Crippen LogP) is 3.02. The second-order valence-electron chi connectivity index (χ2n) is 4.81. The number of carbonyl (C=O) groups is 2. The Morgan fingerprint density at radius 1 is 1.29 bits per heavy atom. The van der Waals surface area contributed by atoms with E-state index in [-0.39, 0.29) is 11.4 Å². The summed E-state index contributed by atoms with van der Waals surface area (Å²) in [5.74, 6) is -1.11. The highest BCUT2D eigenvalue weighted by Crippen LogP contribution is 2.20. The van der Waals surface area contributed by atoms with Crippen LogP contribution in [0.15, 0.2) is 12.1 Å². The van der Waals surface area contributed by atoms with Crippen LogP contribution in [0.1, 0.15) is 31.5 Å². The minimum atomic E-state index is -1.11. The molecule has 0 radical (unpaired) electrons. The lowest BCUT2D eigenvalue weighted by Crippen LogP contribution is -2.28. The maximum Gasteiger partial charge on any atom is 0.354 e. The summed E-state index contributed by atoms with van der Waals surface area (Å²) >= 11 is 1.63. The standard InChI is InChI=1S/C14H17N3O3S/c1-7-4-10(21-9(7)3)6-15-14(20)17-11-5-8(2)16-12(11)13(18)19/h4-5,16H,6H2,1-3H3,(H,18,19)(H2,15,17,20). The normalized spacial score (nSPS) is 10.4. The Balaban J connectivity index is 1.97. The molecule has 0 aliphatic rings. The Morgan fingerprint density at radius 2 is 2.00 bits per heavy atom. The van der Waals surface area contributed by atoms with Crippen LogP contribution in [0.2, 0.25) is 0 Å². The third-order valence-electron chi connectivity index (χ3n) is 3.05. The van der Waals surface area contributed by atoms with Gasteiger partial charge in [-0.1, -0.05) is 0 Å². The van der Waals surface area contributed by atoms with Crippen molar-refractivity contribution in [2.75, 3.05) is 5.32 Å². The molecular weight excluding hydrogens is 290 g/mol. The molecule has 7 heteroatoms. The highest BCUT2D eigenvalue weighted by atomic mass is 32.1. The van der Waals surface area contributed by atoms with E-state index < -0.39 is 12.0 Å². The number of hydrogen-bond donors (Lipinski definition) is 4. The predicted molar refractivity (Wildman–Crippen MR) is 82.1 cm³/mol. The molecule has 0 atom stereocenters. The lowest BCUT2D eigenvalue weighted by Gasteiger charge is -2.06. The topological polar surface area (TPSA) is 94.2 Å². The molecule has 2 amide bonds. The van der Waals surface area contributed by atoms with E-state index in [1.54, 1.807) is 24.3 Å². The van der Waals surface area contributed by atoms with Crippen LogP contribution < -0.4 is 10.6 Å². The zero-order valence-electron chi connectivity index (χ0n) is 12.0. The second-order valence-corrected chi connectivity index (χ2v) is 6.15. The van der Waals surface area contributed by atoms with Crippen LogP contribution in [0.25, 0.3) is 0 Å². The van der Waals surface area contributed by atoms with Crippen molar-refractivity contribution in [2.45, 2.75) is 27.3 Å². The van der Waals surface area contributed by atoms with E-state index in [2.05, 4.69) is 15.6 Å². The van der Waals surface area contributed by atoms with Crippen molar-refractivity contribution in [2.24, 2.45) is 0 Å². The number of rotatable bonds is 4. The van der Waals surface area contributed by atoms with Crippen LogP contribution in [0.3, 0.4) is 0 Å². The molecule has 0 saturated carbocycles. The molecule has 0 aliphatic carbocycles. The monoisotopic (exact) mass is 307 g/mol. The van der Waals surface area contributed by atoms with Crippen LogP contribution in [0.5, 0.6) is 0 Å². The molecule has 2 aromatic heterocycles. The molecule has 0 fully saturated rings. The van der Waals surface area contributed by atoms with Crippen molar-refractivity contribution in [1.29, 1.82) is 0 Å². The number of carbonyl (C=O) groups excluding carboxylic acids is 1. The first kappa shape index (κ1) is 15.1. The molecule has 0 spiro atoms. The van der Waals surface area contributed by atoms with Crippen molar-refractivity contribution in [3.8, 4) is 0 Å². The molecular formula is C14H17N3O3S. The van der Waals surface area contributed by atoms with Crippen molar-refractivity contribution >= 4 is 29.0 Å². The number of aromatic carboxylic acids is 1. The van der Waals surface area contributed by atoms with Gasteiger partial charge in [0.25, 0.3) is 0 Å². The van der Waals surface area contributed by atoms with Gasteiger partial charge in [-0.05, 0) is 38.5 Å². The van der Waals surface area contributed by atoms with E-state index in [0.717, 1.165) is 4.88 Å². The Hall–Kier alpha value is -2.28. The number of hydrogen-bond acceptors (Lipinski definition) is 3. The molecule has 0 aromatic carbocycles. The fourth-order valence-electron chi connectivity index (χ4n) is 1.93. The molecule has 2 heterocycles. The summed E-state index contributed by atoms with van der Waals surface area (Å²) in [4.78, 5) is 27.8. The molecule has 4 N–H and O–H groups in total. The van der Waals surface area contributed by atoms with E-state index in [9.17, 15) is 9.59 Å². The van der Waals surface area contributed by atoms with Crippen molar-refractivity contribution in [3.05, 3.63) is 38.8 Å². The summed E-state index contributed by atoms with van der Waals surface area (Å²) in [5.41, 5.74) is 2.11. The van der Waals surface area contributed by atoms with Gasteiger partial charge in [0.1, 0.15) is 5.69 Å². The molecule has 112 valence electrons. The number of urea groups is 1. The molecule has 6 nitrogen and oxygen atoms in total.